The fraction of sp³-hybridized carbons (Fsp3) is 0.333. The van der Waals surface area contributed by atoms with E-state index in [9.17, 15) is 0 Å². The van der Waals surface area contributed by atoms with Crippen molar-refractivity contribution in [2.24, 2.45) is 0 Å². The topological polar surface area (TPSA) is 72.7 Å². The largest absolute Gasteiger partial charge is 0.508 e. The Kier molecular flexibility index (Phi) is 3.54. The number of hydrogen-bond acceptors (Lipinski definition) is 4. The minimum atomic E-state index is -0.756. The zero-order valence-corrected chi connectivity index (χ0v) is 7.14. The number of rotatable bonds is 4. The van der Waals surface area contributed by atoms with Gasteiger partial charge in [-0.15, -0.1) is 0 Å². The summed E-state index contributed by atoms with van der Waals surface area (Å²) in [5.41, 5.74) is 0.797. The van der Waals surface area contributed by atoms with Gasteiger partial charge in [-0.1, -0.05) is 0 Å². The maximum Gasteiger partial charge on any atom is 0.115 e. The van der Waals surface area contributed by atoms with Crippen molar-refractivity contribution in [1.29, 1.82) is 0 Å². The van der Waals surface area contributed by atoms with Crippen molar-refractivity contribution in [3.63, 3.8) is 0 Å². The van der Waals surface area contributed by atoms with Crippen LogP contribution in [0.4, 0.5) is 5.69 Å². The smallest absolute Gasteiger partial charge is 0.115 e. The lowest BCUT2D eigenvalue weighted by Gasteiger charge is -2.09. The molecule has 0 aliphatic heterocycles. The normalized spacial score (nSPS) is 12.5. The van der Waals surface area contributed by atoms with Gasteiger partial charge in [0.15, 0.2) is 0 Å². The number of aliphatic hydroxyl groups excluding tert-OH is 2. The quantitative estimate of drug-likeness (QED) is 0.502. The first-order valence-corrected chi connectivity index (χ1v) is 4.04. The van der Waals surface area contributed by atoms with E-state index in [1.165, 1.54) is 0 Å². The van der Waals surface area contributed by atoms with Gasteiger partial charge in [0.25, 0.3) is 0 Å². The van der Waals surface area contributed by atoms with Crippen LogP contribution in [-0.4, -0.2) is 34.6 Å². The summed E-state index contributed by atoms with van der Waals surface area (Å²) in [6.07, 6.45) is -0.756. The molecule has 0 aliphatic rings. The molecule has 0 radical (unpaired) electrons. The molecular weight excluding hydrogens is 170 g/mol. The maximum absolute atomic E-state index is 9.01. The van der Waals surface area contributed by atoms with Gasteiger partial charge in [-0.05, 0) is 24.3 Å². The van der Waals surface area contributed by atoms with Crippen LogP contribution in [-0.2, 0) is 0 Å². The van der Waals surface area contributed by atoms with Crippen LogP contribution in [0.25, 0.3) is 0 Å². The summed E-state index contributed by atoms with van der Waals surface area (Å²) in [6.45, 7) is 0.0341. The van der Waals surface area contributed by atoms with Crippen molar-refractivity contribution in [1.82, 2.24) is 0 Å². The van der Waals surface area contributed by atoms with E-state index in [2.05, 4.69) is 5.32 Å². The van der Waals surface area contributed by atoms with Gasteiger partial charge < -0.3 is 20.6 Å². The molecule has 4 nitrogen and oxygen atoms in total. The fourth-order valence-corrected chi connectivity index (χ4v) is 0.879. The highest BCUT2D eigenvalue weighted by molar-refractivity contribution is 5.45. The molecule has 1 atom stereocenters. The molecule has 0 unspecified atom stereocenters. The minimum absolute atomic E-state index is 0.202. The summed E-state index contributed by atoms with van der Waals surface area (Å²) in [5.74, 6) is 0.202. The molecule has 1 aromatic carbocycles. The Balaban J connectivity index is 2.41. The van der Waals surface area contributed by atoms with Crippen LogP contribution < -0.4 is 5.32 Å². The zero-order valence-electron chi connectivity index (χ0n) is 7.14. The molecule has 4 heteroatoms. The third-order valence-electron chi connectivity index (χ3n) is 1.62. The first-order valence-electron chi connectivity index (χ1n) is 4.04. The van der Waals surface area contributed by atoms with Gasteiger partial charge in [0.05, 0.1) is 12.7 Å². The van der Waals surface area contributed by atoms with E-state index in [1.54, 1.807) is 24.3 Å². The lowest BCUT2D eigenvalue weighted by atomic mass is 10.3. The van der Waals surface area contributed by atoms with Crippen LogP contribution in [0.3, 0.4) is 0 Å². The highest BCUT2D eigenvalue weighted by Crippen LogP contribution is 2.13. The summed E-state index contributed by atoms with van der Waals surface area (Å²) < 4.78 is 0. The van der Waals surface area contributed by atoms with E-state index >= 15 is 0 Å². The Labute approximate surface area is 76.5 Å². The van der Waals surface area contributed by atoms with Crippen LogP contribution >= 0.6 is 0 Å². The van der Waals surface area contributed by atoms with Crippen molar-refractivity contribution in [2.45, 2.75) is 6.10 Å². The van der Waals surface area contributed by atoms with E-state index in [-0.39, 0.29) is 12.4 Å². The Morgan fingerprint density at radius 1 is 1.23 bits per heavy atom. The van der Waals surface area contributed by atoms with Crippen LogP contribution in [0.15, 0.2) is 24.3 Å². The lowest BCUT2D eigenvalue weighted by molar-refractivity contribution is 0.105. The van der Waals surface area contributed by atoms with E-state index in [4.69, 9.17) is 15.3 Å². The van der Waals surface area contributed by atoms with Gasteiger partial charge in [0.1, 0.15) is 5.75 Å². The van der Waals surface area contributed by atoms with Gasteiger partial charge in [0.2, 0.25) is 0 Å². The lowest BCUT2D eigenvalue weighted by Crippen LogP contribution is -2.22. The molecule has 4 N–H and O–H groups in total. The predicted octanol–water partition coefficient (Wildman–Crippen LogP) is 0.157. The first-order chi connectivity index (χ1) is 6.22. The monoisotopic (exact) mass is 183 g/mol. The van der Waals surface area contributed by atoms with E-state index in [1.807, 2.05) is 0 Å². The molecule has 13 heavy (non-hydrogen) atoms. The molecule has 0 fully saturated rings. The van der Waals surface area contributed by atoms with Gasteiger partial charge in [-0.2, -0.15) is 0 Å². The Hall–Kier alpha value is -1.26. The number of benzene rings is 1. The van der Waals surface area contributed by atoms with Crippen LogP contribution in [0.5, 0.6) is 5.75 Å². The number of phenols is 1. The van der Waals surface area contributed by atoms with Crippen LogP contribution in [0.2, 0.25) is 0 Å². The molecule has 0 heterocycles. The predicted molar refractivity (Wildman–Crippen MR) is 49.7 cm³/mol. The summed E-state index contributed by atoms with van der Waals surface area (Å²) in [6, 6.07) is 6.49. The SMILES string of the molecule is OC[C@H](O)CNc1ccc(O)cc1. The van der Waals surface area contributed by atoms with Gasteiger partial charge in [-0.3, -0.25) is 0 Å². The fourth-order valence-electron chi connectivity index (χ4n) is 0.879. The van der Waals surface area contributed by atoms with Crippen molar-refractivity contribution in [3.05, 3.63) is 24.3 Å². The molecule has 0 bridgehead atoms. The summed E-state index contributed by atoms with van der Waals surface area (Å²) >= 11 is 0. The average molecular weight is 183 g/mol. The molecule has 1 rings (SSSR count). The third-order valence-corrected chi connectivity index (χ3v) is 1.62. The second-order valence-corrected chi connectivity index (χ2v) is 2.76. The van der Waals surface area contributed by atoms with Crippen molar-refractivity contribution in [2.75, 3.05) is 18.5 Å². The number of anilines is 1. The van der Waals surface area contributed by atoms with Crippen molar-refractivity contribution >= 4 is 5.69 Å². The number of aromatic hydroxyl groups is 1. The van der Waals surface area contributed by atoms with Crippen LogP contribution in [0, 0.1) is 0 Å². The highest BCUT2D eigenvalue weighted by atomic mass is 16.3. The number of nitrogens with one attached hydrogen (secondary N) is 1. The second kappa shape index (κ2) is 4.69. The molecule has 72 valence electrons. The molecular formula is C9H13NO3. The molecule has 0 spiro atoms. The van der Waals surface area contributed by atoms with Crippen LogP contribution in [0.1, 0.15) is 0 Å². The number of aliphatic hydroxyl groups is 2. The first kappa shape index (κ1) is 9.83. The molecule has 0 aliphatic carbocycles. The minimum Gasteiger partial charge on any atom is -0.508 e. The van der Waals surface area contributed by atoms with Crippen molar-refractivity contribution in [3.8, 4) is 5.75 Å². The van der Waals surface area contributed by atoms with E-state index in [0.717, 1.165) is 5.69 Å². The van der Waals surface area contributed by atoms with E-state index in [0.29, 0.717) is 6.54 Å². The highest BCUT2D eigenvalue weighted by Gasteiger charge is 2.00. The Bertz CT molecular complexity index is 248. The Morgan fingerprint density at radius 3 is 2.38 bits per heavy atom. The maximum atomic E-state index is 9.01. The van der Waals surface area contributed by atoms with Crippen molar-refractivity contribution < 1.29 is 15.3 Å². The second-order valence-electron chi connectivity index (χ2n) is 2.76. The zero-order chi connectivity index (χ0) is 9.68. The van der Waals surface area contributed by atoms with Gasteiger partial charge in [-0.25, -0.2) is 0 Å². The number of hydrogen-bond donors (Lipinski definition) is 4. The molecule has 0 saturated heterocycles. The van der Waals surface area contributed by atoms with Gasteiger partial charge in [0, 0.05) is 12.2 Å². The third kappa shape index (κ3) is 3.31. The Morgan fingerprint density at radius 2 is 1.85 bits per heavy atom. The molecule has 1 aromatic rings. The summed E-state index contributed by atoms with van der Waals surface area (Å²) in [5, 5.41) is 29.4. The average Bonchev–Trinajstić information content (AvgIpc) is 2.16. The molecule has 0 aromatic heterocycles. The molecule has 0 amide bonds. The number of phenolic OH excluding ortho intramolecular Hbond substituents is 1. The van der Waals surface area contributed by atoms with E-state index < -0.39 is 6.10 Å². The molecule has 0 saturated carbocycles. The standard InChI is InChI=1S/C9H13NO3/c11-6-9(13)5-10-7-1-3-8(12)4-2-7/h1-4,9-13H,5-6H2/t9-/m1/s1. The summed E-state index contributed by atoms with van der Waals surface area (Å²) in [4.78, 5) is 0. The van der Waals surface area contributed by atoms with Gasteiger partial charge >= 0.3 is 0 Å². The summed E-state index contributed by atoms with van der Waals surface area (Å²) in [7, 11) is 0.